The van der Waals surface area contributed by atoms with E-state index in [9.17, 15) is 4.39 Å². The number of rotatable bonds is 4. The van der Waals surface area contributed by atoms with E-state index in [0.717, 1.165) is 94.0 Å². The van der Waals surface area contributed by atoms with E-state index in [1.807, 2.05) is 60.7 Å². The van der Waals surface area contributed by atoms with Crippen molar-refractivity contribution in [1.29, 1.82) is 0 Å². The SMILES string of the molecule is COc1ccc(C2(c3ccc(OC)cc3)C=Cc3c4c(c5ccccc5c3O2)-c2cc(F)cc(F)c2C42CCCCC2)cc1. The zero-order valence-corrected chi connectivity index (χ0v) is 24.8. The first-order chi connectivity index (χ1) is 21.5. The van der Waals surface area contributed by atoms with Gasteiger partial charge in [0.2, 0.25) is 0 Å². The molecular weight excluding hydrogens is 554 g/mol. The quantitative estimate of drug-likeness (QED) is 0.210. The molecule has 0 bridgehead atoms. The molecule has 5 aromatic rings. The first kappa shape index (κ1) is 26.9. The van der Waals surface area contributed by atoms with Gasteiger partial charge in [0.05, 0.1) is 14.2 Å². The summed E-state index contributed by atoms with van der Waals surface area (Å²) in [4.78, 5) is 0. The summed E-state index contributed by atoms with van der Waals surface area (Å²) in [5.74, 6) is 1.27. The molecule has 1 fully saturated rings. The van der Waals surface area contributed by atoms with E-state index in [-0.39, 0.29) is 0 Å². The van der Waals surface area contributed by atoms with Crippen LogP contribution in [-0.4, -0.2) is 14.2 Å². The van der Waals surface area contributed by atoms with Crippen LogP contribution in [0.3, 0.4) is 0 Å². The van der Waals surface area contributed by atoms with Crippen LogP contribution in [0.2, 0.25) is 0 Å². The van der Waals surface area contributed by atoms with Crippen molar-refractivity contribution in [3.8, 4) is 28.4 Å². The second-order valence-electron chi connectivity index (χ2n) is 12.1. The number of fused-ring (bicyclic) bond motifs is 10. The number of halogens is 2. The first-order valence-corrected chi connectivity index (χ1v) is 15.3. The van der Waals surface area contributed by atoms with Crippen molar-refractivity contribution >= 4 is 16.8 Å². The average molecular weight is 587 g/mol. The summed E-state index contributed by atoms with van der Waals surface area (Å²) in [5, 5.41) is 1.86. The van der Waals surface area contributed by atoms with Gasteiger partial charge in [-0.25, -0.2) is 8.78 Å². The summed E-state index contributed by atoms with van der Waals surface area (Å²) >= 11 is 0. The van der Waals surface area contributed by atoms with Crippen LogP contribution in [0.5, 0.6) is 17.2 Å². The molecule has 3 nitrogen and oxygen atoms in total. The van der Waals surface area contributed by atoms with Gasteiger partial charge >= 0.3 is 0 Å². The van der Waals surface area contributed by atoms with E-state index in [1.54, 1.807) is 14.2 Å². The third kappa shape index (κ3) is 3.71. The Balaban J connectivity index is 1.44. The minimum atomic E-state index is -0.953. The average Bonchev–Trinajstić information content (AvgIpc) is 3.34. The van der Waals surface area contributed by atoms with Crippen molar-refractivity contribution in [1.82, 2.24) is 0 Å². The Hall–Kier alpha value is -4.64. The molecule has 220 valence electrons. The van der Waals surface area contributed by atoms with Gasteiger partial charge in [0.1, 0.15) is 28.9 Å². The lowest BCUT2D eigenvalue weighted by atomic mass is 9.66. The molecule has 0 N–H and O–H groups in total. The summed E-state index contributed by atoms with van der Waals surface area (Å²) in [6.07, 6.45) is 8.99. The Morgan fingerprint density at radius 2 is 1.32 bits per heavy atom. The minimum Gasteiger partial charge on any atom is -0.497 e. The smallest absolute Gasteiger partial charge is 0.178 e. The minimum absolute atomic E-state index is 0.456. The highest BCUT2D eigenvalue weighted by atomic mass is 19.1. The van der Waals surface area contributed by atoms with Gasteiger partial charge < -0.3 is 14.2 Å². The van der Waals surface area contributed by atoms with E-state index < -0.39 is 22.7 Å². The Morgan fingerprint density at radius 3 is 1.93 bits per heavy atom. The predicted octanol–water partition coefficient (Wildman–Crippen LogP) is 9.72. The lowest BCUT2D eigenvalue weighted by Gasteiger charge is -2.41. The maximum absolute atomic E-state index is 16.0. The topological polar surface area (TPSA) is 27.7 Å². The summed E-state index contributed by atoms with van der Waals surface area (Å²) in [5.41, 5.74) is 4.67. The summed E-state index contributed by atoms with van der Waals surface area (Å²) in [6, 6.07) is 26.6. The third-order valence-corrected chi connectivity index (χ3v) is 9.98. The summed E-state index contributed by atoms with van der Waals surface area (Å²) < 4.78 is 49.1. The van der Waals surface area contributed by atoms with Crippen LogP contribution in [0, 0.1) is 11.6 Å². The highest BCUT2D eigenvalue weighted by Gasteiger charge is 2.50. The van der Waals surface area contributed by atoms with Crippen molar-refractivity contribution in [2.45, 2.75) is 43.1 Å². The highest BCUT2D eigenvalue weighted by Crippen LogP contribution is 2.62. The molecule has 0 atom stereocenters. The number of benzene rings is 5. The molecule has 1 heterocycles. The molecule has 0 aromatic heterocycles. The second-order valence-corrected chi connectivity index (χ2v) is 12.1. The van der Waals surface area contributed by atoms with E-state index in [0.29, 0.717) is 11.1 Å². The molecule has 5 aromatic carbocycles. The maximum atomic E-state index is 16.0. The Kier molecular flexibility index (Phi) is 6.09. The van der Waals surface area contributed by atoms with Gasteiger partial charge in [0.15, 0.2) is 5.60 Å². The van der Waals surface area contributed by atoms with Crippen molar-refractivity contribution in [3.63, 3.8) is 0 Å². The van der Waals surface area contributed by atoms with Crippen molar-refractivity contribution < 1.29 is 23.0 Å². The molecule has 3 aliphatic rings. The Labute approximate surface area is 255 Å². The molecule has 0 unspecified atom stereocenters. The number of ether oxygens (including phenoxy) is 3. The van der Waals surface area contributed by atoms with E-state index >= 15 is 4.39 Å². The zero-order valence-electron chi connectivity index (χ0n) is 24.8. The molecule has 1 aliphatic heterocycles. The third-order valence-electron chi connectivity index (χ3n) is 9.98. The molecule has 8 rings (SSSR count). The fourth-order valence-corrected chi connectivity index (χ4v) is 8.06. The monoisotopic (exact) mass is 586 g/mol. The van der Waals surface area contributed by atoms with Gasteiger partial charge in [0.25, 0.3) is 0 Å². The normalized spacial score (nSPS) is 17.1. The van der Waals surface area contributed by atoms with Gasteiger partial charge in [0, 0.05) is 39.1 Å². The largest absolute Gasteiger partial charge is 0.497 e. The second kappa shape index (κ2) is 9.95. The van der Waals surface area contributed by atoms with Gasteiger partial charge in [-0.1, -0.05) is 73.9 Å². The molecule has 44 heavy (non-hydrogen) atoms. The fourth-order valence-electron chi connectivity index (χ4n) is 8.06. The van der Waals surface area contributed by atoms with E-state index in [1.165, 1.54) is 6.07 Å². The summed E-state index contributed by atoms with van der Waals surface area (Å²) in [6.45, 7) is 0. The van der Waals surface area contributed by atoms with Crippen LogP contribution in [0.1, 0.15) is 59.9 Å². The van der Waals surface area contributed by atoms with Crippen LogP contribution in [0.15, 0.2) is 91.0 Å². The van der Waals surface area contributed by atoms with Crippen LogP contribution in [0.25, 0.3) is 28.0 Å². The van der Waals surface area contributed by atoms with Gasteiger partial charge in [-0.2, -0.15) is 0 Å². The fraction of sp³-hybridized carbons (Fsp3) is 0.231. The predicted molar refractivity (Wildman–Crippen MR) is 170 cm³/mol. The number of hydrogen-bond acceptors (Lipinski definition) is 3. The Morgan fingerprint density at radius 1 is 0.705 bits per heavy atom. The van der Waals surface area contributed by atoms with Crippen LogP contribution < -0.4 is 14.2 Å². The standard InChI is InChI=1S/C39H32F2O3/c1-42-27-14-10-24(11-15-27)39(25-12-16-28(43-2)17-13-25)21-18-31-36-34(29-8-4-5-9-30(29)37(31)44-39)32-22-26(40)23-33(41)35(32)38(36)19-6-3-7-20-38/h4-5,8-18,21-23H,3,6-7,19-20H2,1-2H3. The lowest BCUT2D eigenvalue weighted by Crippen LogP contribution is -2.36. The molecule has 5 heteroatoms. The van der Waals surface area contributed by atoms with Crippen LogP contribution >= 0.6 is 0 Å². The number of hydrogen-bond donors (Lipinski definition) is 0. The van der Waals surface area contributed by atoms with Crippen molar-refractivity contribution in [2.24, 2.45) is 0 Å². The van der Waals surface area contributed by atoms with Gasteiger partial charge in [-0.3, -0.25) is 0 Å². The molecule has 0 saturated heterocycles. The van der Waals surface area contributed by atoms with E-state index in [2.05, 4.69) is 24.3 Å². The van der Waals surface area contributed by atoms with Gasteiger partial charge in [-0.15, -0.1) is 0 Å². The van der Waals surface area contributed by atoms with Crippen molar-refractivity contribution in [3.05, 3.63) is 130 Å². The summed E-state index contributed by atoms with van der Waals surface area (Å²) in [7, 11) is 3.31. The highest BCUT2D eigenvalue weighted by molar-refractivity contribution is 6.08. The zero-order chi connectivity index (χ0) is 30.1. The molecular formula is C39H32F2O3. The Bertz CT molecular complexity index is 1900. The molecule has 1 spiro atoms. The maximum Gasteiger partial charge on any atom is 0.178 e. The van der Waals surface area contributed by atoms with Crippen LogP contribution in [-0.2, 0) is 11.0 Å². The first-order valence-electron chi connectivity index (χ1n) is 15.3. The van der Waals surface area contributed by atoms with Crippen LogP contribution in [0.4, 0.5) is 8.78 Å². The van der Waals surface area contributed by atoms with E-state index in [4.69, 9.17) is 14.2 Å². The van der Waals surface area contributed by atoms with Gasteiger partial charge in [-0.05, 0) is 71.3 Å². The lowest BCUT2D eigenvalue weighted by molar-refractivity contribution is 0.163. The molecule has 1 saturated carbocycles. The molecule has 0 radical (unpaired) electrons. The molecule has 0 amide bonds. The van der Waals surface area contributed by atoms with Crippen molar-refractivity contribution in [2.75, 3.05) is 14.2 Å². The number of methoxy groups -OCH3 is 2. The molecule has 2 aliphatic carbocycles.